The van der Waals surface area contributed by atoms with Gasteiger partial charge in [-0.1, -0.05) is 45.0 Å². The topological polar surface area (TPSA) is 55.8 Å². The molecule has 1 rings (SSSR count). The predicted molar refractivity (Wildman–Crippen MR) is 108 cm³/mol. The van der Waals surface area contributed by atoms with Gasteiger partial charge in [-0.25, -0.2) is 0 Å². The summed E-state index contributed by atoms with van der Waals surface area (Å²) < 4.78 is 10.1. The third-order valence-corrected chi connectivity index (χ3v) is 4.35. The molecule has 1 aromatic rings. The van der Waals surface area contributed by atoms with Crippen LogP contribution in [0.5, 0.6) is 0 Å². The number of carbonyl (C=O) groups excluding carboxylic acids is 2. The fourth-order valence-electron chi connectivity index (χ4n) is 2.66. The van der Waals surface area contributed by atoms with Crippen molar-refractivity contribution in [3.8, 4) is 0 Å². The van der Waals surface area contributed by atoms with E-state index in [-0.39, 0.29) is 17.8 Å². The van der Waals surface area contributed by atoms with Crippen molar-refractivity contribution in [2.45, 2.75) is 40.0 Å². The summed E-state index contributed by atoms with van der Waals surface area (Å²) in [6.45, 7) is 10.1. The third-order valence-electron chi connectivity index (χ3n) is 4.35. The second kappa shape index (κ2) is 12.3. The summed E-state index contributed by atoms with van der Waals surface area (Å²) in [7, 11) is 1.36. The molecule has 0 heterocycles. The Morgan fingerprint density at radius 2 is 1.81 bits per heavy atom. The zero-order valence-electron chi connectivity index (χ0n) is 17.2. The monoisotopic (exact) mass is 375 g/mol. The van der Waals surface area contributed by atoms with Crippen molar-refractivity contribution in [2.24, 2.45) is 5.92 Å². The van der Waals surface area contributed by atoms with E-state index in [9.17, 15) is 9.59 Å². The molecule has 1 amide bonds. The lowest BCUT2D eigenvalue weighted by molar-refractivity contribution is -0.146. The highest BCUT2D eigenvalue weighted by molar-refractivity contribution is 5.92. The maximum atomic E-state index is 12.6. The molecular formula is C22H33NO4. The van der Waals surface area contributed by atoms with Gasteiger partial charge in [-0.2, -0.15) is 0 Å². The Morgan fingerprint density at radius 1 is 1.15 bits per heavy atom. The zero-order valence-corrected chi connectivity index (χ0v) is 17.2. The molecule has 150 valence electrons. The van der Waals surface area contributed by atoms with Crippen LogP contribution in [0.3, 0.4) is 0 Å². The van der Waals surface area contributed by atoms with Gasteiger partial charge in [0.25, 0.3) is 0 Å². The quantitative estimate of drug-likeness (QED) is 0.334. The molecule has 27 heavy (non-hydrogen) atoms. The Bertz CT molecular complexity index is 607. The molecule has 1 atom stereocenters. The lowest BCUT2D eigenvalue weighted by Gasteiger charge is -2.24. The Balaban J connectivity index is 2.76. The SMILES string of the molecule is CCOCCCN(CC(C)C(=O)OC)C(=O)/C=C/c1ccc(C(C)C)cc1. The molecule has 0 spiro atoms. The van der Waals surface area contributed by atoms with Crippen molar-refractivity contribution in [1.29, 1.82) is 0 Å². The number of esters is 1. The average Bonchev–Trinajstić information content (AvgIpc) is 2.67. The number of carbonyl (C=O) groups is 2. The van der Waals surface area contributed by atoms with Gasteiger partial charge in [-0.15, -0.1) is 0 Å². The van der Waals surface area contributed by atoms with Gasteiger partial charge in [0.1, 0.15) is 0 Å². The highest BCUT2D eigenvalue weighted by Gasteiger charge is 2.20. The van der Waals surface area contributed by atoms with Crippen LogP contribution in [0.15, 0.2) is 30.3 Å². The molecule has 0 fully saturated rings. The maximum Gasteiger partial charge on any atom is 0.310 e. The van der Waals surface area contributed by atoms with E-state index in [1.165, 1.54) is 12.7 Å². The number of rotatable bonds is 11. The van der Waals surface area contributed by atoms with Gasteiger partial charge in [0.2, 0.25) is 5.91 Å². The van der Waals surface area contributed by atoms with Crippen molar-refractivity contribution in [1.82, 2.24) is 4.90 Å². The molecule has 1 unspecified atom stereocenters. The van der Waals surface area contributed by atoms with Gasteiger partial charge in [0.15, 0.2) is 0 Å². The summed E-state index contributed by atoms with van der Waals surface area (Å²) in [6.07, 6.45) is 4.10. The summed E-state index contributed by atoms with van der Waals surface area (Å²) in [5, 5.41) is 0. The van der Waals surface area contributed by atoms with E-state index in [2.05, 4.69) is 26.0 Å². The predicted octanol–water partition coefficient (Wildman–Crippen LogP) is 3.89. The number of nitrogens with zero attached hydrogens (tertiary/aromatic N) is 1. The Morgan fingerprint density at radius 3 is 2.37 bits per heavy atom. The van der Waals surface area contributed by atoms with Gasteiger partial charge in [-0.05, 0) is 36.5 Å². The first-order valence-corrected chi connectivity index (χ1v) is 9.61. The van der Waals surface area contributed by atoms with Crippen LogP contribution < -0.4 is 0 Å². The van der Waals surface area contributed by atoms with E-state index in [0.29, 0.717) is 32.2 Å². The number of benzene rings is 1. The number of ether oxygens (including phenoxy) is 2. The van der Waals surface area contributed by atoms with Crippen molar-refractivity contribution >= 4 is 18.0 Å². The normalized spacial score (nSPS) is 12.4. The first-order chi connectivity index (χ1) is 12.9. The standard InChI is InChI=1S/C22H33NO4/c1-6-27-15-7-14-23(16-18(4)22(25)26-5)21(24)13-10-19-8-11-20(12-9-19)17(2)3/h8-13,17-18H,6-7,14-16H2,1-5H3/b13-10+. The molecule has 5 heteroatoms. The molecule has 5 nitrogen and oxygen atoms in total. The Labute approximate surface area is 163 Å². The second-order valence-electron chi connectivity index (χ2n) is 6.91. The summed E-state index contributed by atoms with van der Waals surface area (Å²) in [4.78, 5) is 26.0. The van der Waals surface area contributed by atoms with Gasteiger partial charge in [0.05, 0.1) is 13.0 Å². The van der Waals surface area contributed by atoms with Crippen LogP contribution in [0.2, 0.25) is 0 Å². The fourth-order valence-corrected chi connectivity index (χ4v) is 2.66. The minimum absolute atomic E-state index is 0.116. The Kier molecular flexibility index (Phi) is 10.4. The molecule has 1 aromatic carbocycles. The van der Waals surface area contributed by atoms with Crippen molar-refractivity contribution in [2.75, 3.05) is 33.4 Å². The number of hydrogen-bond donors (Lipinski definition) is 0. The minimum Gasteiger partial charge on any atom is -0.469 e. The van der Waals surface area contributed by atoms with Crippen LogP contribution >= 0.6 is 0 Å². The van der Waals surface area contributed by atoms with E-state index in [1.807, 2.05) is 25.1 Å². The molecule has 0 aliphatic heterocycles. The molecule has 0 saturated carbocycles. The number of amides is 1. The molecule has 0 aliphatic rings. The van der Waals surface area contributed by atoms with E-state index in [1.54, 1.807) is 17.9 Å². The fraction of sp³-hybridized carbons (Fsp3) is 0.545. The van der Waals surface area contributed by atoms with Gasteiger partial charge >= 0.3 is 5.97 Å². The summed E-state index contributed by atoms with van der Waals surface area (Å²) in [6, 6.07) is 8.17. The highest BCUT2D eigenvalue weighted by Crippen LogP contribution is 2.15. The summed E-state index contributed by atoms with van der Waals surface area (Å²) in [5.41, 5.74) is 2.24. The maximum absolute atomic E-state index is 12.6. The first-order valence-electron chi connectivity index (χ1n) is 9.61. The summed E-state index contributed by atoms with van der Waals surface area (Å²) >= 11 is 0. The van der Waals surface area contributed by atoms with Crippen molar-refractivity contribution in [3.05, 3.63) is 41.5 Å². The van der Waals surface area contributed by atoms with Crippen molar-refractivity contribution in [3.63, 3.8) is 0 Å². The molecular weight excluding hydrogens is 342 g/mol. The van der Waals surface area contributed by atoms with Crippen LogP contribution in [-0.2, 0) is 19.1 Å². The van der Waals surface area contributed by atoms with Crippen LogP contribution in [0, 0.1) is 5.92 Å². The van der Waals surface area contributed by atoms with E-state index in [4.69, 9.17) is 9.47 Å². The lowest BCUT2D eigenvalue weighted by atomic mass is 10.0. The molecule has 0 aromatic heterocycles. The Hall–Kier alpha value is -2.14. The minimum atomic E-state index is -0.371. The number of hydrogen-bond acceptors (Lipinski definition) is 4. The molecule has 0 N–H and O–H groups in total. The largest absolute Gasteiger partial charge is 0.469 e. The molecule has 0 saturated heterocycles. The zero-order chi connectivity index (χ0) is 20.2. The smallest absolute Gasteiger partial charge is 0.310 e. The van der Waals surface area contributed by atoms with Crippen molar-refractivity contribution < 1.29 is 19.1 Å². The number of methoxy groups -OCH3 is 1. The van der Waals surface area contributed by atoms with Crippen LogP contribution in [0.1, 0.15) is 51.2 Å². The van der Waals surface area contributed by atoms with Gasteiger partial charge in [0, 0.05) is 32.4 Å². The van der Waals surface area contributed by atoms with E-state index >= 15 is 0 Å². The summed E-state index contributed by atoms with van der Waals surface area (Å²) in [5.74, 6) is -0.323. The average molecular weight is 376 g/mol. The van der Waals surface area contributed by atoms with E-state index < -0.39 is 0 Å². The van der Waals surface area contributed by atoms with Gasteiger partial charge < -0.3 is 14.4 Å². The highest BCUT2D eigenvalue weighted by atomic mass is 16.5. The second-order valence-corrected chi connectivity index (χ2v) is 6.91. The van der Waals surface area contributed by atoms with Crippen LogP contribution in [-0.4, -0.2) is 50.2 Å². The van der Waals surface area contributed by atoms with Crippen LogP contribution in [0.4, 0.5) is 0 Å². The first kappa shape index (κ1) is 22.9. The third kappa shape index (κ3) is 8.39. The van der Waals surface area contributed by atoms with Crippen LogP contribution in [0.25, 0.3) is 6.08 Å². The molecule has 0 aliphatic carbocycles. The molecule has 0 bridgehead atoms. The van der Waals surface area contributed by atoms with Gasteiger partial charge in [-0.3, -0.25) is 9.59 Å². The molecule has 0 radical (unpaired) electrons. The lowest BCUT2D eigenvalue weighted by Crippen LogP contribution is -2.37. The van der Waals surface area contributed by atoms with E-state index in [0.717, 1.165) is 12.0 Å².